The second kappa shape index (κ2) is 5.10. The molecule has 0 amide bonds. The standard InChI is InChI=1S/C14H13FN4O2/c1-19-12-10(7-16-19)17-13(18-14(12)21)9-4-2-3-8(5-9)11(20)6-15/h2-5,7,11,20H,6H2,1H3,(H,17,18,21). The van der Waals surface area contributed by atoms with E-state index >= 15 is 0 Å². The summed E-state index contributed by atoms with van der Waals surface area (Å²) in [6.07, 6.45) is 0.327. The maximum atomic E-state index is 12.5. The van der Waals surface area contributed by atoms with Crippen molar-refractivity contribution in [2.75, 3.05) is 6.67 Å². The summed E-state index contributed by atoms with van der Waals surface area (Å²) in [5.74, 6) is 0.355. The van der Waals surface area contributed by atoms with E-state index in [0.29, 0.717) is 28.0 Å². The van der Waals surface area contributed by atoms with Gasteiger partial charge in [-0.25, -0.2) is 9.37 Å². The molecule has 1 atom stereocenters. The summed E-state index contributed by atoms with van der Waals surface area (Å²) in [7, 11) is 1.66. The molecular formula is C14H13FN4O2. The lowest BCUT2D eigenvalue weighted by Gasteiger charge is -2.08. The normalized spacial score (nSPS) is 12.7. The van der Waals surface area contributed by atoms with Gasteiger partial charge in [0.1, 0.15) is 24.1 Å². The van der Waals surface area contributed by atoms with Crippen molar-refractivity contribution in [2.24, 2.45) is 7.05 Å². The van der Waals surface area contributed by atoms with Crippen LogP contribution in [0.4, 0.5) is 4.39 Å². The smallest absolute Gasteiger partial charge is 0.277 e. The first-order valence-electron chi connectivity index (χ1n) is 6.36. The van der Waals surface area contributed by atoms with Crippen LogP contribution in [0.5, 0.6) is 0 Å². The molecule has 108 valence electrons. The van der Waals surface area contributed by atoms with Crippen LogP contribution in [-0.2, 0) is 7.05 Å². The fraction of sp³-hybridized carbons (Fsp3) is 0.214. The van der Waals surface area contributed by atoms with Crippen molar-refractivity contribution in [3.63, 3.8) is 0 Å². The number of alkyl halides is 1. The SMILES string of the molecule is Cn1ncc2nc(-c3cccc(C(O)CF)c3)[nH]c(=O)c21. The van der Waals surface area contributed by atoms with Crippen molar-refractivity contribution in [3.05, 3.63) is 46.4 Å². The molecule has 3 aromatic rings. The second-order valence-electron chi connectivity index (χ2n) is 4.71. The Morgan fingerprint density at radius 1 is 1.48 bits per heavy atom. The Hall–Kier alpha value is -2.54. The average molecular weight is 288 g/mol. The molecule has 1 aromatic carbocycles. The van der Waals surface area contributed by atoms with Gasteiger partial charge in [0.05, 0.1) is 6.20 Å². The number of benzene rings is 1. The first kappa shape index (κ1) is 13.4. The van der Waals surface area contributed by atoms with E-state index in [1.807, 2.05) is 0 Å². The molecule has 7 heteroatoms. The number of halogens is 1. The van der Waals surface area contributed by atoms with Crippen LogP contribution in [0.2, 0.25) is 0 Å². The van der Waals surface area contributed by atoms with Crippen LogP contribution >= 0.6 is 0 Å². The summed E-state index contributed by atoms with van der Waals surface area (Å²) >= 11 is 0. The topological polar surface area (TPSA) is 83.8 Å². The van der Waals surface area contributed by atoms with Gasteiger partial charge < -0.3 is 10.1 Å². The van der Waals surface area contributed by atoms with Gasteiger partial charge in [-0.1, -0.05) is 18.2 Å². The zero-order valence-corrected chi connectivity index (χ0v) is 11.2. The third kappa shape index (κ3) is 2.31. The molecule has 6 nitrogen and oxygen atoms in total. The number of hydrogen-bond donors (Lipinski definition) is 2. The molecule has 0 spiro atoms. The van der Waals surface area contributed by atoms with Crippen LogP contribution in [0.15, 0.2) is 35.3 Å². The Morgan fingerprint density at radius 2 is 2.29 bits per heavy atom. The van der Waals surface area contributed by atoms with E-state index in [-0.39, 0.29) is 5.56 Å². The van der Waals surface area contributed by atoms with Crippen LogP contribution in [0.1, 0.15) is 11.7 Å². The maximum Gasteiger partial charge on any atom is 0.277 e. The molecule has 0 radical (unpaired) electrons. The summed E-state index contributed by atoms with van der Waals surface area (Å²) in [6, 6.07) is 6.63. The Balaban J connectivity index is 2.14. The molecule has 2 N–H and O–H groups in total. The minimum absolute atomic E-state index is 0.300. The number of H-pyrrole nitrogens is 1. The Kier molecular flexibility index (Phi) is 3.26. The fourth-order valence-electron chi connectivity index (χ4n) is 2.21. The molecule has 1 unspecified atom stereocenters. The molecule has 2 aromatic heterocycles. The number of nitrogens with one attached hydrogen (secondary N) is 1. The lowest BCUT2D eigenvalue weighted by molar-refractivity contribution is 0.142. The van der Waals surface area contributed by atoms with Gasteiger partial charge in [-0.3, -0.25) is 9.48 Å². The molecule has 0 aliphatic carbocycles. The minimum Gasteiger partial charge on any atom is -0.386 e. The number of aliphatic hydroxyl groups excluding tert-OH is 1. The number of hydrogen-bond acceptors (Lipinski definition) is 4. The van der Waals surface area contributed by atoms with E-state index in [4.69, 9.17) is 0 Å². The van der Waals surface area contributed by atoms with Crippen LogP contribution in [0, 0.1) is 0 Å². The number of fused-ring (bicyclic) bond motifs is 1. The van der Waals surface area contributed by atoms with E-state index < -0.39 is 12.8 Å². The van der Waals surface area contributed by atoms with E-state index in [1.165, 1.54) is 10.9 Å². The second-order valence-corrected chi connectivity index (χ2v) is 4.71. The monoisotopic (exact) mass is 288 g/mol. The molecule has 3 rings (SSSR count). The quantitative estimate of drug-likeness (QED) is 0.761. The first-order valence-corrected chi connectivity index (χ1v) is 6.36. The average Bonchev–Trinajstić information content (AvgIpc) is 2.88. The van der Waals surface area contributed by atoms with E-state index in [0.717, 1.165) is 0 Å². The predicted octanol–water partition coefficient (Wildman–Crippen LogP) is 1.33. The summed E-state index contributed by atoms with van der Waals surface area (Å²) in [5, 5.41) is 13.5. The summed E-state index contributed by atoms with van der Waals surface area (Å²) in [4.78, 5) is 19.1. The predicted molar refractivity (Wildman–Crippen MR) is 75.5 cm³/mol. The number of rotatable bonds is 3. The molecule has 0 fully saturated rings. The van der Waals surface area contributed by atoms with Crippen molar-refractivity contribution < 1.29 is 9.50 Å². The van der Waals surface area contributed by atoms with Crippen LogP contribution in [-0.4, -0.2) is 31.5 Å². The van der Waals surface area contributed by atoms with Gasteiger partial charge >= 0.3 is 0 Å². The van der Waals surface area contributed by atoms with Crippen molar-refractivity contribution in [3.8, 4) is 11.4 Å². The highest BCUT2D eigenvalue weighted by Gasteiger charge is 2.12. The molecule has 0 saturated carbocycles. The molecular weight excluding hydrogens is 275 g/mol. The van der Waals surface area contributed by atoms with Crippen molar-refractivity contribution in [1.82, 2.24) is 19.7 Å². The number of aromatic nitrogens is 4. The zero-order chi connectivity index (χ0) is 15.0. The summed E-state index contributed by atoms with van der Waals surface area (Å²) in [5.41, 5.74) is 1.60. The Morgan fingerprint density at radius 3 is 3.05 bits per heavy atom. The molecule has 2 heterocycles. The molecule has 21 heavy (non-hydrogen) atoms. The van der Waals surface area contributed by atoms with E-state index in [9.17, 15) is 14.3 Å². The largest absolute Gasteiger partial charge is 0.386 e. The van der Waals surface area contributed by atoms with Crippen LogP contribution in [0.3, 0.4) is 0 Å². The van der Waals surface area contributed by atoms with Crippen molar-refractivity contribution in [2.45, 2.75) is 6.10 Å². The minimum atomic E-state index is -1.18. The van der Waals surface area contributed by atoms with Gasteiger partial charge in [0, 0.05) is 12.6 Å². The van der Waals surface area contributed by atoms with Gasteiger partial charge in [0.2, 0.25) is 0 Å². The Bertz CT molecular complexity index is 856. The van der Waals surface area contributed by atoms with Gasteiger partial charge in [-0.2, -0.15) is 5.10 Å². The third-order valence-corrected chi connectivity index (χ3v) is 3.29. The molecule has 0 aliphatic rings. The van der Waals surface area contributed by atoms with Crippen LogP contribution in [0.25, 0.3) is 22.4 Å². The molecule has 0 bridgehead atoms. The van der Waals surface area contributed by atoms with Gasteiger partial charge in [0.15, 0.2) is 5.52 Å². The third-order valence-electron chi connectivity index (χ3n) is 3.29. The maximum absolute atomic E-state index is 12.5. The summed E-state index contributed by atoms with van der Waals surface area (Å²) in [6.45, 7) is -0.866. The molecule has 0 saturated heterocycles. The zero-order valence-electron chi connectivity index (χ0n) is 11.2. The number of aromatic amines is 1. The Labute approximate surface area is 118 Å². The van der Waals surface area contributed by atoms with Gasteiger partial charge in [-0.05, 0) is 11.6 Å². The lowest BCUT2D eigenvalue weighted by Crippen LogP contribution is -2.12. The van der Waals surface area contributed by atoms with Crippen LogP contribution < -0.4 is 5.56 Å². The first-order chi connectivity index (χ1) is 10.1. The fourth-order valence-corrected chi connectivity index (χ4v) is 2.21. The highest BCUT2D eigenvalue weighted by atomic mass is 19.1. The van der Waals surface area contributed by atoms with Gasteiger partial charge in [0.25, 0.3) is 5.56 Å². The molecule has 0 aliphatic heterocycles. The van der Waals surface area contributed by atoms with E-state index in [1.54, 1.807) is 31.3 Å². The summed E-state index contributed by atoms with van der Waals surface area (Å²) < 4.78 is 14.0. The number of nitrogens with zero attached hydrogens (tertiary/aromatic N) is 3. The lowest BCUT2D eigenvalue weighted by atomic mass is 10.1. The van der Waals surface area contributed by atoms with Crippen molar-refractivity contribution in [1.29, 1.82) is 0 Å². The highest BCUT2D eigenvalue weighted by Crippen LogP contribution is 2.21. The highest BCUT2D eigenvalue weighted by molar-refractivity contribution is 5.75. The van der Waals surface area contributed by atoms with E-state index in [2.05, 4.69) is 15.1 Å². The number of aryl methyl sites for hydroxylation is 1. The number of aliphatic hydroxyl groups is 1. The van der Waals surface area contributed by atoms with Crippen molar-refractivity contribution >= 4 is 11.0 Å². The van der Waals surface area contributed by atoms with Gasteiger partial charge in [-0.15, -0.1) is 0 Å².